The first-order valence-corrected chi connectivity index (χ1v) is 6.56. The second-order valence-corrected chi connectivity index (χ2v) is 5.21. The van der Waals surface area contributed by atoms with Gasteiger partial charge in [-0.15, -0.1) is 0 Å². The molecule has 0 aliphatic heterocycles. The second-order valence-electron chi connectivity index (χ2n) is 3.61. The quantitative estimate of drug-likeness (QED) is 0.475. The van der Waals surface area contributed by atoms with E-state index in [4.69, 9.17) is 17.3 Å². The molecule has 2 rings (SSSR count). The van der Waals surface area contributed by atoms with Crippen LogP contribution in [0.4, 0.5) is 23.0 Å². The first-order chi connectivity index (χ1) is 8.97. The summed E-state index contributed by atoms with van der Waals surface area (Å²) in [6.07, 6.45) is 0. The van der Waals surface area contributed by atoms with E-state index in [2.05, 4.69) is 32.9 Å². The zero-order valence-electron chi connectivity index (χ0n) is 9.43. The highest BCUT2D eigenvalue weighted by Crippen LogP contribution is 2.29. The minimum atomic E-state index is -0.516. The van der Waals surface area contributed by atoms with Gasteiger partial charge in [0.15, 0.2) is 0 Å². The van der Waals surface area contributed by atoms with E-state index in [1.165, 1.54) is 12.1 Å². The number of pyridine rings is 1. The van der Waals surface area contributed by atoms with E-state index >= 15 is 0 Å². The van der Waals surface area contributed by atoms with E-state index in [0.717, 1.165) is 3.57 Å². The maximum atomic E-state index is 10.9. The fraction of sp³-hybridized carbons (Fsp3) is 0. The van der Waals surface area contributed by atoms with Crippen molar-refractivity contribution in [3.8, 4) is 0 Å². The molecule has 2 aromatic rings. The molecular weight excluding hydrogens is 383 g/mol. The molecule has 0 unspecified atom stereocenters. The molecule has 0 saturated heterocycles. The summed E-state index contributed by atoms with van der Waals surface area (Å²) in [6.45, 7) is 0. The van der Waals surface area contributed by atoms with Gasteiger partial charge in [0.25, 0.3) is 0 Å². The Balaban J connectivity index is 2.42. The summed E-state index contributed by atoms with van der Waals surface area (Å²) in [5, 5.41) is 14.4. The first-order valence-electron chi connectivity index (χ1n) is 5.10. The lowest BCUT2D eigenvalue weighted by molar-refractivity contribution is -0.384. The largest absolute Gasteiger partial charge is 0.384 e. The minimum absolute atomic E-state index is 0.102. The van der Waals surface area contributed by atoms with Crippen LogP contribution in [0.15, 0.2) is 30.3 Å². The van der Waals surface area contributed by atoms with Gasteiger partial charge in [-0.25, -0.2) is 4.98 Å². The van der Waals surface area contributed by atoms with Gasteiger partial charge in [-0.1, -0.05) is 11.6 Å². The normalized spacial score (nSPS) is 10.2. The van der Waals surface area contributed by atoms with Crippen LogP contribution in [0, 0.1) is 13.7 Å². The number of hydrogen-bond donors (Lipinski definition) is 2. The lowest BCUT2D eigenvalue weighted by atomic mass is 10.3. The third kappa shape index (κ3) is 3.24. The van der Waals surface area contributed by atoms with Crippen molar-refractivity contribution in [2.45, 2.75) is 0 Å². The molecule has 0 aliphatic rings. The van der Waals surface area contributed by atoms with Crippen LogP contribution in [0.2, 0.25) is 5.02 Å². The van der Waals surface area contributed by atoms with E-state index in [0.29, 0.717) is 10.7 Å². The Morgan fingerprint density at radius 3 is 2.74 bits per heavy atom. The number of nitrogens with one attached hydrogen (secondary N) is 1. The van der Waals surface area contributed by atoms with Crippen LogP contribution < -0.4 is 11.1 Å². The van der Waals surface area contributed by atoms with Crippen molar-refractivity contribution in [1.29, 1.82) is 0 Å². The summed E-state index contributed by atoms with van der Waals surface area (Å²) in [5.41, 5.74) is 6.08. The number of anilines is 3. The Kier molecular flexibility index (Phi) is 4.05. The van der Waals surface area contributed by atoms with Crippen molar-refractivity contribution >= 4 is 57.2 Å². The Morgan fingerprint density at radius 2 is 2.11 bits per heavy atom. The van der Waals surface area contributed by atoms with E-state index in [9.17, 15) is 10.1 Å². The van der Waals surface area contributed by atoms with Crippen LogP contribution in [0.5, 0.6) is 0 Å². The average Bonchev–Trinajstić information content (AvgIpc) is 2.32. The van der Waals surface area contributed by atoms with Gasteiger partial charge in [-0.3, -0.25) is 10.1 Å². The Morgan fingerprint density at radius 1 is 1.37 bits per heavy atom. The fourth-order valence-corrected chi connectivity index (χ4v) is 2.43. The molecule has 98 valence electrons. The molecule has 3 N–H and O–H groups in total. The molecule has 1 heterocycles. The van der Waals surface area contributed by atoms with Gasteiger partial charge in [-0.05, 0) is 46.9 Å². The van der Waals surface area contributed by atoms with Gasteiger partial charge in [0, 0.05) is 14.7 Å². The van der Waals surface area contributed by atoms with Crippen molar-refractivity contribution in [2.75, 3.05) is 11.1 Å². The summed E-state index contributed by atoms with van der Waals surface area (Å²) in [6, 6.07) is 7.84. The van der Waals surface area contributed by atoms with Gasteiger partial charge >= 0.3 is 5.69 Å². The topological polar surface area (TPSA) is 94.1 Å². The Hall–Kier alpha value is -1.61. The zero-order valence-corrected chi connectivity index (χ0v) is 12.3. The van der Waals surface area contributed by atoms with Crippen LogP contribution in [0.25, 0.3) is 0 Å². The smallest absolute Gasteiger partial charge is 0.311 e. The molecule has 0 atom stereocenters. The van der Waals surface area contributed by atoms with E-state index in [1.807, 2.05) is 0 Å². The molecule has 0 aliphatic carbocycles. The molecule has 0 saturated carbocycles. The molecule has 19 heavy (non-hydrogen) atoms. The highest BCUT2D eigenvalue weighted by molar-refractivity contribution is 14.1. The summed E-state index contributed by atoms with van der Waals surface area (Å²) in [7, 11) is 0. The summed E-state index contributed by atoms with van der Waals surface area (Å²) in [5.74, 6) is 0.308. The predicted molar refractivity (Wildman–Crippen MR) is 82.8 cm³/mol. The first kappa shape index (κ1) is 13.8. The van der Waals surface area contributed by atoms with Gasteiger partial charge in [0.2, 0.25) is 5.82 Å². The molecule has 6 nitrogen and oxygen atoms in total. The van der Waals surface area contributed by atoms with E-state index in [-0.39, 0.29) is 17.3 Å². The number of nitro groups is 1. The van der Waals surface area contributed by atoms with Crippen molar-refractivity contribution in [2.24, 2.45) is 0 Å². The van der Waals surface area contributed by atoms with E-state index < -0.39 is 4.92 Å². The van der Waals surface area contributed by atoms with Crippen LogP contribution in [0.3, 0.4) is 0 Å². The number of nitrogens with two attached hydrogens (primary N) is 1. The average molecular weight is 391 g/mol. The van der Waals surface area contributed by atoms with E-state index in [1.54, 1.807) is 18.2 Å². The highest BCUT2D eigenvalue weighted by Gasteiger charge is 2.16. The van der Waals surface area contributed by atoms with Gasteiger partial charge in [0.1, 0.15) is 5.82 Å². The fourth-order valence-electron chi connectivity index (χ4n) is 1.42. The van der Waals surface area contributed by atoms with Crippen molar-refractivity contribution < 1.29 is 4.92 Å². The van der Waals surface area contributed by atoms with Crippen molar-refractivity contribution in [1.82, 2.24) is 4.98 Å². The number of halogens is 2. The molecule has 0 fully saturated rings. The number of nitrogen functional groups attached to an aromatic ring is 1. The predicted octanol–water partition coefficient (Wildman–Crippen LogP) is 3.57. The second kappa shape index (κ2) is 5.57. The molecule has 0 bridgehead atoms. The molecule has 1 aromatic carbocycles. The van der Waals surface area contributed by atoms with Gasteiger partial charge in [0.05, 0.1) is 10.6 Å². The number of rotatable bonds is 3. The van der Waals surface area contributed by atoms with Crippen LogP contribution in [-0.2, 0) is 0 Å². The standard InChI is InChI=1S/C11H8ClIN4O2/c12-6-1-2-8(7(13)5-6)15-11-9(17(18)19)3-4-10(14)16-11/h1-5H,(H3,14,15,16). The molecule has 0 radical (unpaired) electrons. The lowest BCUT2D eigenvalue weighted by Gasteiger charge is -2.09. The number of benzene rings is 1. The number of nitrogens with zero attached hydrogens (tertiary/aromatic N) is 2. The van der Waals surface area contributed by atoms with Crippen LogP contribution in [0.1, 0.15) is 0 Å². The monoisotopic (exact) mass is 390 g/mol. The van der Waals surface area contributed by atoms with Crippen LogP contribution >= 0.6 is 34.2 Å². The van der Waals surface area contributed by atoms with Gasteiger partial charge < -0.3 is 11.1 Å². The third-order valence-corrected chi connectivity index (χ3v) is 3.40. The van der Waals surface area contributed by atoms with Crippen molar-refractivity contribution in [3.05, 3.63) is 49.0 Å². The van der Waals surface area contributed by atoms with Crippen LogP contribution in [-0.4, -0.2) is 9.91 Å². The number of hydrogen-bond acceptors (Lipinski definition) is 5. The summed E-state index contributed by atoms with van der Waals surface area (Å²) >= 11 is 7.93. The Labute approximate surface area is 127 Å². The molecule has 8 heteroatoms. The SMILES string of the molecule is Nc1ccc([N+](=O)[O-])c(Nc2ccc(Cl)cc2I)n1. The highest BCUT2D eigenvalue weighted by atomic mass is 127. The number of aromatic nitrogens is 1. The third-order valence-electron chi connectivity index (χ3n) is 2.28. The molecule has 0 amide bonds. The maximum Gasteiger partial charge on any atom is 0.311 e. The Bertz CT molecular complexity index is 651. The van der Waals surface area contributed by atoms with Crippen molar-refractivity contribution in [3.63, 3.8) is 0 Å². The minimum Gasteiger partial charge on any atom is -0.384 e. The lowest BCUT2D eigenvalue weighted by Crippen LogP contribution is -2.02. The summed E-state index contributed by atoms with van der Waals surface area (Å²) < 4.78 is 0.823. The molecule has 1 aromatic heterocycles. The summed E-state index contributed by atoms with van der Waals surface area (Å²) in [4.78, 5) is 14.3. The van der Waals surface area contributed by atoms with Gasteiger partial charge in [-0.2, -0.15) is 0 Å². The zero-order chi connectivity index (χ0) is 14.0. The molecule has 0 spiro atoms. The molecular formula is C11H8ClIN4O2. The maximum absolute atomic E-state index is 10.9.